The van der Waals surface area contributed by atoms with Gasteiger partial charge >= 0.3 is 5.97 Å². The van der Waals surface area contributed by atoms with E-state index in [0.29, 0.717) is 5.52 Å². The van der Waals surface area contributed by atoms with Crippen molar-refractivity contribution in [3.63, 3.8) is 0 Å². The summed E-state index contributed by atoms with van der Waals surface area (Å²) in [6.45, 7) is 0. The maximum Gasteiger partial charge on any atom is 0.348 e. The number of carboxylic acids is 1. The number of pyridine rings is 1. The Kier molecular flexibility index (Phi) is 1.66. The summed E-state index contributed by atoms with van der Waals surface area (Å²) in [6.07, 6.45) is 1.59. The summed E-state index contributed by atoms with van der Waals surface area (Å²) < 4.78 is 0.803. The maximum atomic E-state index is 10.7. The molecule has 0 saturated carbocycles. The number of fused-ring (bicyclic) bond motifs is 1. The number of rotatable bonds is 1. The smallest absolute Gasteiger partial charge is 0.348 e. The van der Waals surface area contributed by atoms with Crippen LogP contribution in [0.4, 0.5) is 5.69 Å². The van der Waals surface area contributed by atoms with Gasteiger partial charge in [0.1, 0.15) is 10.4 Å². The molecule has 5 heteroatoms. The van der Waals surface area contributed by atoms with E-state index < -0.39 is 5.97 Å². The zero-order valence-electron chi connectivity index (χ0n) is 6.52. The molecule has 0 unspecified atom stereocenters. The van der Waals surface area contributed by atoms with Crippen LogP contribution < -0.4 is 5.73 Å². The molecule has 3 N–H and O–H groups in total. The van der Waals surface area contributed by atoms with Gasteiger partial charge in [0.25, 0.3) is 0 Å². The van der Waals surface area contributed by atoms with Gasteiger partial charge in [-0.1, -0.05) is 0 Å². The van der Waals surface area contributed by atoms with Gasteiger partial charge in [0.2, 0.25) is 0 Å². The van der Waals surface area contributed by atoms with Crippen molar-refractivity contribution in [3.05, 3.63) is 23.2 Å². The van der Waals surface area contributed by atoms with Crippen LogP contribution in [0.3, 0.4) is 0 Å². The van der Waals surface area contributed by atoms with Gasteiger partial charge < -0.3 is 10.8 Å². The van der Waals surface area contributed by atoms with Crippen LogP contribution in [0.1, 0.15) is 9.67 Å². The molecule has 66 valence electrons. The molecule has 0 aliphatic rings. The van der Waals surface area contributed by atoms with E-state index in [1.165, 1.54) is 0 Å². The Morgan fingerprint density at radius 2 is 2.38 bits per heavy atom. The van der Waals surface area contributed by atoms with Crippen LogP contribution in [0, 0.1) is 0 Å². The van der Waals surface area contributed by atoms with Gasteiger partial charge in [-0.2, -0.15) is 0 Å². The fourth-order valence-corrected chi connectivity index (χ4v) is 2.03. The molecule has 0 aromatic carbocycles. The van der Waals surface area contributed by atoms with Gasteiger partial charge in [-0.3, -0.25) is 4.98 Å². The van der Waals surface area contributed by atoms with Crippen LogP contribution in [-0.4, -0.2) is 16.1 Å². The summed E-state index contributed by atoms with van der Waals surface area (Å²) in [5.74, 6) is -1.000. The molecule has 2 aromatic heterocycles. The lowest BCUT2D eigenvalue weighted by Gasteiger charge is -1.89. The normalized spacial score (nSPS) is 10.5. The predicted molar refractivity (Wildman–Crippen MR) is 51.0 cm³/mol. The first-order valence-electron chi connectivity index (χ1n) is 3.56. The number of carboxylic acid groups (broad SMARTS) is 1. The molecule has 0 saturated heterocycles. The lowest BCUT2D eigenvalue weighted by molar-refractivity contribution is 0.0703. The molecule has 0 spiro atoms. The molecule has 0 fully saturated rings. The Morgan fingerprint density at radius 3 is 3.00 bits per heavy atom. The van der Waals surface area contributed by atoms with E-state index in [1.807, 2.05) is 0 Å². The summed E-state index contributed by atoms with van der Waals surface area (Å²) in [5, 5.41) is 8.77. The summed E-state index contributed by atoms with van der Waals surface area (Å²) in [4.78, 5) is 14.9. The van der Waals surface area contributed by atoms with Crippen LogP contribution in [0.5, 0.6) is 0 Å². The van der Waals surface area contributed by atoms with Gasteiger partial charge in [-0.05, 0) is 12.1 Å². The monoisotopic (exact) mass is 194 g/mol. The second kappa shape index (κ2) is 2.70. The highest BCUT2D eigenvalue weighted by atomic mass is 32.1. The van der Waals surface area contributed by atoms with Crippen molar-refractivity contribution in [2.24, 2.45) is 0 Å². The standard InChI is InChI=1S/C8H6N2O2S/c9-5-6-4(2-1-3-10-6)13-7(5)8(11)12/h1-3H,9H2,(H,11,12). The number of nitrogens with two attached hydrogens (primary N) is 1. The Bertz CT molecular complexity index is 478. The van der Waals surface area contributed by atoms with E-state index in [9.17, 15) is 4.79 Å². The minimum absolute atomic E-state index is 0.161. The van der Waals surface area contributed by atoms with Crippen molar-refractivity contribution in [1.82, 2.24) is 4.98 Å². The van der Waals surface area contributed by atoms with E-state index in [-0.39, 0.29) is 10.6 Å². The highest BCUT2D eigenvalue weighted by molar-refractivity contribution is 7.21. The number of hydrogen-bond acceptors (Lipinski definition) is 4. The summed E-state index contributed by atoms with van der Waals surface area (Å²) >= 11 is 1.14. The molecular weight excluding hydrogens is 188 g/mol. The number of carbonyl (C=O) groups is 1. The van der Waals surface area contributed by atoms with Gasteiger partial charge in [-0.15, -0.1) is 11.3 Å². The topological polar surface area (TPSA) is 76.2 Å². The van der Waals surface area contributed by atoms with Crippen molar-refractivity contribution in [2.45, 2.75) is 0 Å². The number of aromatic carboxylic acids is 1. The van der Waals surface area contributed by atoms with Gasteiger partial charge in [-0.25, -0.2) is 4.79 Å². The molecule has 13 heavy (non-hydrogen) atoms. The molecule has 0 amide bonds. The molecule has 2 rings (SSSR count). The quantitative estimate of drug-likeness (QED) is 0.722. The minimum atomic E-state index is -1.000. The molecule has 2 heterocycles. The van der Waals surface area contributed by atoms with Crippen LogP contribution in [0.25, 0.3) is 10.2 Å². The fraction of sp³-hybridized carbons (Fsp3) is 0. The van der Waals surface area contributed by atoms with Crippen molar-refractivity contribution >= 4 is 33.2 Å². The van der Waals surface area contributed by atoms with Crippen molar-refractivity contribution in [2.75, 3.05) is 5.73 Å². The first-order chi connectivity index (χ1) is 6.20. The average molecular weight is 194 g/mol. The lowest BCUT2D eigenvalue weighted by atomic mass is 10.3. The second-order valence-corrected chi connectivity index (χ2v) is 3.55. The average Bonchev–Trinajstić information content (AvgIpc) is 2.45. The Labute approximate surface area is 77.6 Å². The van der Waals surface area contributed by atoms with E-state index in [1.54, 1.807) is 18.3 Å². The first-order valence-corrected chi connectivity index (χ1v) is 4.38. The largest absolute Gasteiger partial charge is 0.477 e. The van der Waals surface area contributed by atoms with Crippen molar-refractivity contribution < 1.29 is 9.90 Å². The summed E-state index contributed by atoms with van der Waals surface area (Å²) in [7, 11) is 0. The van der Waals surface area contributed by atoms with E-state index in [2.05, 4.69) is 4.98 Å². The first kappa shape index (κ1) is 8.00. The molecule has 0 aliphatic carbocycles. The molecule has 2 aromatic rings. The number of thiophene rings is 1. The van der Waals surface area contributed by atoms with Crippen LogP contribution in [-0.2, 0) is 0 Å². The lowest BCUT2D eigenvalue weighted by Crippen LogP contribution is -1.97. The minimum Gasteiger partial charge on any atom is -0.477 e. The molecule has 0 atom stereocenters. The highest BCUT2D eigenvalue weighted by Crippen LogP contribution is 2.31. The van der Waals surface area contributed by atoms with Crippen LogP contribution in [0.15, 0.2) is 18.3 Å². The number of aromatic nitrogens is 1. The summed E-state index contributed by atoms with van der Waals surface area (Å²) in [6, 6.07) is 3.56. The SMILES string of the molecule is Nc1c(C(=O)O)sc2cccnc12. The number of hydrogen-bond donors (Lipinski definition) is 2. The summed E-state index contributed by atoms with van der Waals surface area (Å²) in [5.41, 5.74) is 6.44. The molecule has 4 nitrogen and oxygen atoms in total. The number of anilines is 1. The second-order valence-electron chi connectivity index (χ2n) is 2.50. The molecule has 0 aliphatic heterocycles. The Balaban J connectivity index is 2.81. The number of nitrogen functional groups attached to an aromatic ring is 1. The van der Waals surface area contributed by atoms with Crippen molar-refractivity contribution in [1.29, 1.82) is 0 Å². The molecular formula is C8H6N2O2S. The number of nitrogens with zero attached hydrogens (tertiary/aromatic N) is 1. The van der Waals surface area contributed by atoms with E-state index in [0.717, 1.165) is 16.0 Å². The Morgan fingerprint density at radius 1 is 1.62 bits per heavy atom. The molecule has 0 radical (unpaired) electrons. The zero-order valence-corrected chi connectivity index (χ0v) is 7.34. The highest BCUT2D eigenvalue weighted by Gasteiger charge is 2.15. The maximum absolute atomic E-state index is 10.7. The third kappa shape index (κ3) is 1.13. The third-order valence-corrected chi connectivity index (χ3v) is 2.82. The van der Waals surface area contributed by atoms with E-state index >= 15 is 0 Å². The van der Waals surface area contributed by atoms with Crippen LogP contribution in [0.2, 0.25) is 0 Å². The van der Waals surface area contributed by atoms with E-state index in [4.69, 9.17) is 10.8 Å². The Hall–Kier alpha value is -1.62. The third-order valence-electron chi connectivity index (χ3n) is 1.68. The zero-order chi connectivity index (χ0) is 9.42. The molecule has 0 bridgehead atoms. The van der Waals surface area contributed by atoms with Gasteiger partial charge in [0, 0.05) is 6.20 Å². The van der Waals surface area contributed by atoms with Gasteiger partial charge in [0.05, 0.1) is 10.4 Å². The van der Waals surface area contributed by atoms with Crippen LogP contribution >= 0.6 is 11.3 Å². The predicted octanol–water partition coefficient (Wildman–Crippen LogP) is 1.58. The van der Waals surface area contributed by atoms with Gasteiger partial charge in [0.15, 0.2) is 0 Å². The van der Waals surface area contributed by atoms with Crippen molar-refractivity contribution in [3.8, 4) is 0 Å². The fourth-order valence-electron chi connectivity index (χ4n) is 1.11.